The van der Waals surface area contributed by atoms with Crippen LogP contribution in [0.1, 0.15) is 45.1 Å². The average Bonchev–Trinajstić information content (AvgIpc) is 2.44. The molecule has 0 fully saturated rings. The average molecular weight is 263 g/mol. The van der Waals surface area contributed by atoms with Crippen molar-refractivity contribution in [3.63, 3.8) is 0 Å². The Labute approximate surface area is 118 Å². The van der Waals surface area contributed by atoms with Gasteiger partial charge in [0.25, 0.3) is 0 Å². The Morgan fingerprint density at radius 2 is 1.79 bits per heavy atom. The molecule has 0 aliphatic rings. The highest BCUT2D eigenvalue weighted by Crippen LogP contribution is 2.10. The molecule has 108 valence electrons. The maximum Gasteiger partial charge on any atom is 0.0466 e. The van der Waals surface area contributed by atoms with Gasteiger partial charge < -0.3 is 10.1 Å². The number of ether oxygens (including phenoxy) is 1. The van der Waals surface area contributed by atoms with Crippen molar-refractivity contribution in [2.45, 2.75) is 52.0 Å². The van der Waals surface area contributed by atoms with Crippen molar-refractivity contribution >= 4 is 0 Å². The lowest BCUT2D eigenvalue weighted by molar-refractivity contribution is 0.140. The van der Waals surface area contributed by atoms with Crippen molar-refractivity contribution in [1.29, 1.82) is 0 Å². The van der Waals surface area contributed by atoms with E-state index in [1.807, 2.05) is 0 Å². The Bertz CT molecular complexity index is 299. The van der Waals surface area contributed by atoms with Gasteiger partial charge in [0, 0.05) is 19.3 Å². The smallest absolute Gasteiger partial charge is 0.0466 e. The highest BCUT2D eigenvalue weighted by Gasteiger charge is 2.06. The van der Waals surface area contributed by atoms with Crippen molar-refractivity contribution in [1.82, 2.24) is 5.32 Å². The van der Waals surface area contributed by atoms with E-state index in [1.165, 1.54) is 31.2 Å². The predicted octanol–water partition coefficient (Wildman–Crippen LogP) is 3.80. The summed E-state index contributed by atoms with van der Waals surface area (Å²) in [6.45, 7) is 7.04. The zero-order valence-corrected chi connectivity index (χ0v) is 12.5. The van der Waals surface area contributed by atoms with Gasteiger partial charge in [-0.3, -0.25) is 0 Å². The molecule has 0 aliphatic heterocycles. The summed E-state index contributed by atoms with van der Waals surface area (Å²) in [4.78, 5) is 0. The highest BCUT2D eigenvalue weighted by molar-refractivity contribution is 5.14. The van der Waals surface area contributed by atoms with E-state index in [1.54, 1.807) is 0 Å². The number of aryl methyl sites for hydroxylation is 1. The molecule has 0 saturated heterocycles. The van der Waals surface area contributed by atoms with Crippen LogP contribution in [0, 0.1) is 0 Å². The zero-order chi connectivity index (χ0) is 13.8. The lowest BCUT2D eigenvalue weighted by Crippen LogP contribution is -2.29. The second-order valence-electron chi connectivity index (χ2n) is 4.97. The minimum Gasteiger partial charge on any atom is -0.382 e. The molecule has 0 radical (unpaired) electrons. The van der Waals surface area contributed by atoms with Crippen molar-refractivity contribution in [2.24, 2.45) is 0 Å². The molecular weight excluding hydrogens is 234 g/mol. The van der Waals surface area contributed by atoms with Crippen LogP contribution in [0.5, 0.6) is 0 Å². The number of rotatable bonds is 11. The lowest BCUT2D eigenvalue weighted by atomic mass is 10.0. The van der Waals surface area contributed by atoms with E-state index in [2.05, 4.69) is 49.5 Å². The molecule has 0 aromatic heterocycles. The molecule has 1 N–H and O–H groups in total. The first kappa shape index (κ1) is 16.2. The number of nitrogens with one attached hydrogen (secondary N) is 1. The Balaban J connectivity index is 2.17. The van der Waals surface area contributed by atoms with Gasteiger partial charge in [0.1, 0.15) is 0 Å². The van der Waals surface area contributed by atoms with Gasteiger partial charge in [-0.2, -0.15) is 0 Å². The Morgan fingerprint density at radius 1 is 1.05 bits per heavy atom. The molecule has 1 aromatic rings. The van der Waals surface area contributed by atoms with Gasteiger partial charge in [-0.05, 0) is 51.1 Å². The van der Waals surface area contributed by atoms with Gasteiger partial charge in [-0.25, -0.2) is 0 Å². The van der Waals surface area contributed by atoms with Crippen LogP contribution >= 0.6 is 0 Å². The first-order valence-corrected chi connectivity index (χ1v) is 7.71. The SMILES string of the molecule is CCNC(CCCOCC)CCCc1ccccc1. The molecule has 0 bridgehead atoms. The quantitative estimate of drug-likeness (QED) is 0.613. The maximum absolute atomic E-state index is 5.41. The monoisotopic (exact) mass is 263 g/mol. The first-order chi connectivity index (χ1) is 9.36. The lowest BCUT2D eigenvalue weighted by Gasteiger charge is -2.17. The summed E-state index contributed by atoms with van der Waals surface area (Å²) in [5, 5.41) is 3.59. The third kappa shape index (κ3) is 8.02. The van der Waals surface area contributed by atoms with Crippen LogP contribution in [0.15, 0.2) is 30.3 Å². The fourth-order valence-corrected chi connectivity index (χ4v) is 2.41. The van der Waals surface area contributed by atoms with Crippen molar-refractivity contribution < 1.29 is 4.74 Å². The van der Waals surface area contributed by atoms with Crippen molar-refractivity contribution in [3.05, 3.63) is 35.9 Å². The second-order valence-corrected chi connectivity index (χ2v) is 4.97. The minimum absolute atomic E-state index is 0.647. The summed E-state index contributed by atoms with van der Waals surface area (Å²) >= 11 is 0. The Hall–Kier alpha value is -0.860. The largest absolute Gasteiger partial charge is 0.382 e. The fraction of sp³-hybridized carbons (Fsp3) is 0.647. The van der Waals surface area contributed by atoms with Crippen LogP contribution in [0.25, 0.3) is 0 Å². The van der Waals surface area contributed by atoms with Crippen molar-refractivity contribution in [3.8, 4) is 0 Å². The van der Waals surface area contributed by atoms with Gasteiger partial charge in [0.05, 0.1) is 0 Å². The van der Waals surface area contributed by atoms with Crippen LogP contribution in [-0.2, 0) is 11.2 Å². The normalized spacial score (nSPS) is 12.5. The Kier molecular flexibility index (Phi) is 9.38. The van der Waals surface area contributed by atoms with Crippen LogP contribution in [0.4, 0.5) is 0 Å². The number of benzene rings is 1. The molecule has 0 saturated carbocycles. The van der Waals surface area contributed by atoms with E-state index < -0.39 is 0 Å². The van der Waals surface area contributed by atoms with Gasteiger partial charge >= 0.3 is 0 Å². The van der Waals surface area contributed by atoms with Crippen molar-refractivity contribution in [2.75, 3.05) is 19.8 Å². The maximum atomic E-state index is 5.41. The van der Waals surface area contributed by atoms with Crippen LogP contribution in [0.2, 0.25) is 0 Å². The molecule has 0 aliphatic carbocycles. The highest BCUT2D eigenvalue weighted by atomic mass is 16.5. The predicted molar refractivity (Wildman–Crippen MR) is 82.6 cm³/mol. The molecule has 1 unspecified atom stereocenters. The molecular formula is C17H29NO. The molecule has 0 amide bonds. The summed E-state index contributed by atoms with van der Waals surface area (Å²) < 4.78 is 5.41. The van der Waals surface area contributed by atoms with E-state index in [4.69, 9.17) is 4.74 Å². The van der Waals surface area contributed by atoms with E-state index in [0.717, 1.165) is 26.2 Å². The molecule has 2 heteroatoms. The molecule has 2 nitrogen and oxygen atoms in total. The second kappa shape index (κ2) is 11.0. The van der Waals surface area contributed by atoms with Gasteiger partial charge in [-0.15, -0.1) is 0 Å². The summed E-state index contributed by atoms with van der Waals surface area (Å²) in [5.74, 6) is 0. The third-order valence-electron chi connectivity index (χ3n) is 3.40. The van der Waals surface area contributed by atoms with E-state index in [9.17, 15) is 0 Å². The van der Waals surface area contributed by atoms with E-state index in [-0.39, 0.29) is 0 Å². The molecule has 1 atom stereocenters. The van der Waals surface area contributed by atoms with Gasteiger partial charge in [-0.1, -0.05) is 37.3 Å². The first-order valence-electron chi connectivity index (χ1n) is 7.71. The summed E-state index contributed by atoms with van der Waals surface area (Å²) in [5.41, 5.74) is 1.45. The number of hydrogen-bond donors (Lipinski definition) is 1. The zero-order valence-electron chi connectivity index (χ0n) is 12.5. The molecule has 1 rings (SSSR count). The fourth-order valence-electron chi connectivity index (χ4n) is 2.41. The van der Waals surface area contributed by atoms with Gasteiger partial charge in [0.2, 0.25) is 0 Å². The van der Waals surface area contributed by atoms with E-state index >= 15 is 0 Å². The summed E-state index contributed by atoms with van der Waals surface area (Å²) in [6, 6.07) is 11.4. The molecule has 19 heavy (non-hydrogen) atoms. The molecule has 1 aromatic carbocycles. The minimum atomic E-state index is 0.647. The third-order valence-corrected chi connectivity index (χ3v) is 3.40. The number of hydrogen-bond acceptors (Lipinski definition) is 2. The van der Waals surface area contributed by atoms with Crippen LogP contribution in [0.3, 0.4) is 0 Å². The van der Waals surface area contributed by atoms with Crippen LogP contribution in [-0.4, -0.2) is 25.8 Å². The standard InChI is InChI=1S/C17H29NO/c1-3-18-17(14-9-15-19-4-2)13-8-12-16-10-6-5-7-11-16/h5-7,10-11,17-18H,3-4,8-9,12-15H2,1-2H3. The topological polar surface area (TPSA) is 21.3 Å². The molecule has 0 heterocycles. The summed E-state index contributed by atoms with van der Waals surface area (Å²) in [7, 11) is 0. The Morgan fingerprint density at radius 3 is 2.47 bits per heavy atom. The molecule has 0 spiro atoms. The van der Waals surface area contributed by atoms with Gasteiger partial charge in [0.15, 0.2) is 0 Å². The van der Waals surface area contributed by atoms with E-state index in [0.29, 0.717) is 6.04 Å². The van der Waals surface area contributed by atoms with Crippen LogP contribution < -0.4 is 5.32 Å². The summed E-state index contributed by atoms with van der Waals surface area (Å²) in [6.07, 6.45) is 6.10.